The maximum atomic E-state index is 6.73. The Morgan fingerprint density at radius 3 is 1.91 bits per heavy atom. The molecule has 1 aromatic heterocycles. The fourth-order valence-corrected chi connectivity index (χ4v) is 6.60. The standard InChI is InChI=1S/C43H29N3O/c1-4-13-28(14-5-1)31-20-12-21-34(25-31)42-44-41(30-17-8-3-9-18-30)45-43(46-42)37-26-33-19-10-11-22-35(33)40-39(37)36-24-23-32(27-38(36)47-40)29-15-6-2-7-16-29/h1-27,41H,(H,44,45,46). The van der Waals surface area contributed by atoms with Gasteiger partial charge in [0, 0.05) is 27.3 Å². The van der Waals surface area contributed by atoms with Gasteiger partial charge in [0.2, 0.25) is 0 Å². The van der Waals surface area contributed by atoms with Crippen LogP contribution in [0.3, 0.4) is 0 Å². The van der Waals surface area contributed by atoms with Crippen molar-refractivity contribution in [2.45, 2.75) is 6.17 Å². The fraction of sp³-hybridized carbons (Fsp3) is 0.0233. The van der Waals surface area contributed by atoms with Crippen LogP contribution >= 0.6 is 0 Å². The highest BCUT2D eigenvalue weighted by molar-refractivity contribution is 6.26. The van der Waals surface area contributed by atoms with Crippen LogP contribution in [0.15, 0.2) is 178 Å². The summed E-state index contributed by atoms with van der Waals surface area (Å²) in [4.78, 5) is 10.4. The molecule has 1 unspecified atom stereocenters. The third-order valence-corrected chi connectivity index (χ3v) is 8.91. The molecule has 47 heavy (non-hydrogen) atoms. The Hall–Kier alpha value is -6.26. The van der Waals surface area contributed by atoms with E-state index in [2.05, 4.69) is 151 Å². The summed E-state index contributed by atoms with van der Waals surface area (Å²) in [5.41, 5.74) is 9.27. The summed E-state index contributed by atoms with van der Waals surface area (Å²) >= 11 is 0. The molecule has 7 aromatic carbocycles. The molecule has 9 rings (SSSR count). The van der Waals surface area contributed by atoms with Crippen LogP contribution in [0.1, 0.15) is 22.9 Å². The second-order valence-electron chi connectivity index (χ2n) is 11.8. The Labute approximate surface area is 272 Å². The second kappa shape index (κ2) is 11.3. The van der Waals surface area contributed by atoms with Crippen molar-refractivity contribution in [1.29, 1.82) is 0 Å². The zero-order valence-corrected chi connectivity index (χ0v) is 25.5. The van der Waals surface area contributed by atoms with Crippen molar-refractivity contribution in [3.05, 3.63) is 180 Å². The Morgan fingerprint density at radius 1 is 0.511 bits per heavy atom. The van der Waals surface area contributed by atoms with E-state index in [0.717, 1.165) is 77.5 Å². The molecule has 4 nitrogen and oxygen atoms in total. The molecule has 0 radical (unpaired) electrons. The van der Waals surface area contributed by atoms with Crippen molar-refractivity contribution in [2.24, 2.45) is 9.98 Å². The smallest absolute Gasteiger partial charge is 0.159 e. The van der Waals surface area contributed by atoms with Crippen molar-refractivity contribution in [2.75, 3.05) is 0 Å². The fourth-order valence-electron chi connectivity index (χ4n) is 6.60. The second-order valence-corrected chi connectivity index (χ2v) is 11.8. The van der Waals surface area contributed by atoms with Crippen molar-refractivity contribution in [1.82, 2.24) is 5.32 Å². The van der Waals surface area contributed by atoms with E-state index in [4.69, 9.17) is 14.4 Å². The zero-order valence-electron chi connectivity index (χ0n) is 25.5. The van der Waals surface area contributed by atoms with Crippen molar-refractivity contribution < 1.29 is 4.42 Å². The van der Waals surface area contributed by atoms with Crippen LogP contribution in [0.2, 0.25) is 0 Å². The van der Waals surface area contributed by atoms with Gasteiger partial charge >= 0.3 is 0 Å². The molecule has 4 heteroatoms. The molecule has 0 saturated carbocycles. The topological polar surface area (TPSA) is 49.9 Å². The van der Waals surface area contributed by atoms with Crippen LogP contribution in [0.25, 0.3) is 55.0 Å². The van der Waals surface area contributed by atoms with Crippen molar-refractivity contribution in [3.63, 3.8) is 0 Å². The molecule has 1 N–H and O–H groups in total. The van der Waals surface area contributed by atoms with E-state index in [-0.39, 0.29) is 6.17 Å². The molecule has 0 bridgehead atoms. The summed E-state index contributed by atoms with van der Waals surface area (Å²) in [7, 11) is 0. The zero-order chi connectivity index (χ0) is 31.2. The van der Waals surface area contributed by atoms with Crippen molar-refractivity contribution in [3.8, 4) is 22.3 Å². The molecular formula is C43H29N3O. The van der Waals surface area contributed by atoms with Crippen LogP contribution in [-0.2, 0) is 0 Å². The molecule has 0 amide bonds. The normalized spacial score (nSPS) is 14.6. The van der Waals surface area contributed by atoms with E-state index >= 15 is 0 Å². The molecule has 0 spiro atoms. The molecule has 8 aromatic rings. The predicted molar refractivity (Wildman–Crippen MR) is 194 cm³/mol. The average molecular weight is 604 g/mol. The molecule has 2 heterocycles. The summed E-state index contributed by atoms with van der Waals surface area (Å²) in [6, 6.07) is 56.8. The Balaban J connectivity index is 1.26. The summed E-state index contributed by atoms with van der Waals surface area (Å²) in [5, 5.41) is 7.96. The van der Waals surface area contributed by atoms with Gasteiger partial charge in [-0.15, -0.1) is 0 Å². The lowest BCUT2D eigenvalue weighted by Gasteiger charge is -2.24. The molecule has 1 aliphatic rings. The number of benzene rings is 7. The summed E-state index contributed by atoms with van der Waals surface area (Å²) < 4.78 is 6.73. The van der Waals surface area contributed by atoms with E-state index < -0.39 is 0 Å². The lowest BCUT2D eigenvalue weighted by Crippen LogP contribution is -2.33. The van der Waals surface area contributed by atoms with Crippen LogP contribution < -0.4 is 5.32 Å². The number of amidine groups is 2. The van der Waals surface area contributed by atoms with E-state index in [1.807, 2.05) is 18.2 Å². The number of hydrogen-bond acceptors (Lipinski definition) is 4. The van der Waals surface area contributed by atoms with Gasteiger partial charge in [0.25, 0.3) is 0 Å². The maximum Gasteiger partial charge on any atom is 0.159 e. The van der Waals surface area contributed by atoms with Gasteiger partial charge in [0.15, 0.2) is 5.84 Å². The van der Waals surface area contributed by atoms with Crippen LogP contribution in [-0.4, -0.2) is 11.7 Å². The van der Waals surface area contributed by atoms with E-state index in [9.17, 15) is 0 Å². The van der Waals surface area contributed by atoms with Crippen molar-refractivity contribution >= 4 is 44.4 Å². The third kappa shape index (κ3) is 4.88. The summed E-state index contributed by atoms with van der Waals surface area (Å²) in [6.07, 6.45) is -0.316. The quantitative estimate of drug-likeness (QED) is 0.213. The Bertz CT molecular complexity index is 2480. The number of fused-ring (bicyclic) bond motifs is 5. The first-order valence-corrected chi connectivity index (χ1v) is 15.9. The van der Waals surface area contributed by atoms with Gasteiger partial charge in [-0.2, -0.15) is 0 Å². The van der Waals surface area contributed by atoms with Crippen LogP contribution in [0.5, 0.6) is 0 Å². The Morgan fingerprint density at radius 2 is 1.15 bits per heavy atom. The van der Waals surface area contributed by atoms with Gasteiger partial charge < -0.3 is 9.73 Å². The molecular weight excluding hydrogens is 574 g/mol. The number of rotatable bonds is 5. The highest BCUT2D eigenvalue weighted by Gasteiger charge is 2.25. The van der Waals surface area contributed by atoms with E-state index in [1.54, 1.807) is 0 Å². The molecule has 222 valence electrons. The minimum absolute atomic E-state index is 0.316. The average Bonchev–Trinajstić information content (AvgIpc) is 3.55. The third-order valence-electron chi connectivity index (χ3n) is 8.91. The van der Waals surface area contributed by atoms with Crippen LogP contribution in [0.4, 0.5) is 0 Å². The number of nitrogens with zero attached hydrogens (tertiary/aromatic N) is 2. The minimum Gasteiger partial charge on any atom is -0.455 e. The number of hydrogen-bond donors (Lipinski definition) is 1. The predicted octanol–water partition coefficient (Wildman–Crippen LogP) is 10.6. The van der Waals surface area contributed by atoms with Gasteiger partial charge in [0.05, 0.1) is 0 Å². The van der Waals surface area contributed by atoms with Gasteiger partial charge in [0.1, 0.15) is 23.2 Å². The minimum atomic E-state index is -0.316. The van der Waals surface area contributed by atoms with Gasteiger partial charge in [-0.25, -0.2) is 9.98 Å². The van der Waals surface area contributed by atoms with Crippen LogP contribution in [0, 0.1) is 0 Å². The summed E-state index contributed by atoms with van der Waals surface area (Å²) in [6.45, 7) is 0. The SMILES string of the molecule is c1ccc(-c2cccc(C3=NC(c4ccccc4)NC(c4cc5ccccc5c5oc6cc(-c7ccccc7)ccc6c45)=N3)c2)cc1. The van der Waals surface area contributed by atoms with Gasteiger partial charge in [-0.3, -0.25) is 0 Å². The molecule has 0 aliphatic carbocycles. The monoisotopic (exact) mass is 603 g/mol. The Kier molecular flexibility index (Phi) is 6.50. The molecule has 0 saturated heterocycles. The lowest BCUT2D eigenvalue weighted by molar-refractivity contribution is 0.671. The van der Waals surface area contributed by atoms with Gasteiger partial charge in [-0.05, 0) is 57.5 Å². The molecule has 1 atom stereocenters. The summed E-state index contributed by atoms with van der Waals surface area (Å²) in [5.74, 6) is 1.45. The maximum absolute atomic E-state index is 6.73. The molecule has 0 fully saturated rings. The highest BCUT2D eigenvalue weighted by atomic mass is 16.3. The number of aliphatic imine (C=N–C) groups is 2. The highest BCUT2D eigenvalue weighted by Crippen LogP contribution is 2.39. The first-order valence-electron chi connectivity index (χ1n) is 15.9. The first kappa shape index (κ1) is 27.1. The van der Waals surface area contributed by atoms with Gasteiger partial charge in [-0.1, -0.05) is 140 Å². The molecule has 1 aliphatic heterocycles. The lowest BCUT2D eigenvalue weighted by atomic mass is 9.97. The van der Waals surface area contributed by atoms with E-state index in [1.165, 1.54) is 0 Å². The first-order chi connectivity index (χ1) is 23.3. The van der Waals surface area contributed by atoms with E-state index in [0.29, 0.717) is 5.84 Å². The number of nitrogens with one attached hydrogen (secondary N) is 1. The largest absolute Gasteiger partial charge is 0.455 e. The number of furan rings is 1.